The Morgan fingerprint density at radius 1 is 1.30 bits per heavy atom. The predicted molar refractivity (Wildman–Crippen MR) is 94.3 cm³/mol. The van der Waals surface area contributed by atoms with E-state index in [4.69, 9.17) is 14.5 Å². The number of nitrogens with zero attached hydrogens (tertiary/aromatic N) is 2. The highest BCUT2D eigenvalue weighted by Gasteiger charge is 2.30. The molecule has 4 nitrogen and oxygen atoms in total. The number of hydrogen-bond acceptors (Lipinski definition) is 5. The van der Waals surface area contributed by atoms with Gasteiger partial charge in [-0.25, -0.2) is 4.98 Å². The zero-order valence-corrected chi connectivity index (χ0v) is 15.0. The van der Waals surface area contributed by atoms with E-state index >= 15 is 0 Å². The maximum Gasteiger partial charge on any atom is 0.170 e. The fourth-order valence-corrected chi connectivity index (χ4v) is 3.73. The van der Waals surface area contributed by atoms with Gasteiger partial charge < -0.3 is 9.47 Å². The Morgan fingerprint density at radius 2 is 2.09 bits per heavy atom. The van der Waals surface area contributed by atoms with Gasteiger partial charge in [0.15, 0.2) is 11.5 Å². The molecule has 0 radical (unpaired) electrons. The van der Waals surface area contributed by atoms with Crippen LogP contribution in [0, 0.1) is 5.92 Å². The Bertz CT molecular complexity index is 667. The largest absolute Gasteiger partial charge is 0.493 e. The van der Waals surface area contributed by atoms with E-state index in [2.05, 4.69) is 24.3 Å². The van der Waals surface area contributed by atoms with Gasteiger partial charge in [-0.15, -0.1) is 11.3 Å². The van der Waals surface area contributed by atoms with E-state index in [1.807, 2.05) is 18.2 Å². The van der Waals surface area contributed by atoms with E-state index in [1.165, 1.54) is 12.8 Å². The van der Waals surface area contributed by atoms with Crippen molar-refractivity contribution in [1.29, 1.82) is 0 Å². The molecule has 0 unspecified atom stereocenters. The summed E-state index contributed by atoms with van der Waals surface area (Å²) in [6.45, 7) is 3.20. The number of ether oxygens (including phenoxy) is 2. The van der Waals surface area contributed by atoms with Gasteiger partial charge >= 0.3 is 0 Å². The highest BCUT2D eigenvalue weighted by molar-refractivity contribution is 7.13. The second kappa shape index (κ2) is 6.89. The molecule has 1 aromatic carbocycles. The summed E-state index contributed by atoms with van der Waals surface area (Å²) >= 11 is 1.66. The Morgan fingerprint density at radius 3 is 2.74 bits per heavy atom. The predicted octanol–water partition coefficient (Wildman–Crippen LogP) is 4.06. The van der Waals surface area contributed by atoms with Gasteiger partial charge in [-0.05, 0) is 44.9 Å². The zero-order valence-electron chi connectivity index (χ0n) is 14.2. The molecule has 124 valence electrons. The third kappa shape index (κ3) is 3.51. The molecule has 1 atom stereocenters. The standard InChI is InChI=1S/C18H24N2O2S/c1-12(13-8-9-13)20(2)10-14-11-23-18(19-14)15-6-5-7-16(21-3)17(15)22-4/h5-7,11-13H,8-10H2,1-4H3/t12-/m1/s1. The molecule has 0 amide bonds. The highest BCUT2D eigenvalue weighted by Crippen LogP contribution is 2.39. The minimum absolute atomic E-state index is 0.631. The number of methoxy groups -OCH3 is 2. The minimum atomic E-state index is 0.631. The van der Waals surface area contributed by atoms with E-state index in [-0.39, 0.29) is 0 Å². The quantitative estimate of drug-likeness (QED) is 0.766. The van der Waals surface area contributed by atoms with Crippen LogP contribution in [0.5, 0.6) is 11.5 Å². The molecule has 1 aromatic heterocycles. The van der Waals surface area contributed by atoms with Crippen LogP contribution >= 0.6 is 11.3 Å². The van der Waals surface area contributed by atoms with Crippen molar-refractivity contribution in [2.45, 2.75) is 32.4 Å². The van der Waals surface area contributed by atoms with Crippen molar-refractivity contribution in [3.05, 3.63) is 29.3 Å². The lowest BCUT2D eigenvalue weighted by Crippen LogP contribution is -2.30. The van der Waals surface area contributed by atoms with Gasteiger partial charge in [-0.1, -0.05) is 6.07 Å². The van der Waals surface area contributed by atoms with E-state index in [0.29, 0.717) is 6.04 Å². The van der Waals surface area contributed by atoms with Crippen molar-refractivity contribution in [2.75, 3.05) is 21.3 Å². The molecule has 2 aromatic rings. The first-order chi connectivity index (χ1) is 11.1. The number of thiazole rings is 1. The molecule has 0 aliphatic heterocycles. The molecule has 0 N–H and O–H groups in total. The van der Waals surface area contributed by atoms with Crippen LogP contribution in [0.4, 0.5) is 0 Å². The fraction of sp³-hybridized carbons (Fsp3) is 0.500. The van der Waals surface area contributed by atoms with Crippen LogP contribution in [-0.2, 0) is 6.54 Å². The maximum atomic E-state index is 5.52. The van der Waals surface area contributed by atoms with Crippen LogP contribution < -0.4 is 9.47 Å². The molecule has 1 aliphatic rings. The first-order valence-electron chi connectivity index (χ1n) is 8.00. The number of benzene rings is 1. The molecule has 23 heavy (non-hydrogen) atoms. The third-order valence-electron chi connectivity index (χ3n) is 4.60. The first kappa shape index (κ1) is 16.3. The Hall–Kier alpha value is -1.59. The molecule has 0 spiro atoms. The van der Waals surface area contributed by atoms with Crippen molar-refractivity contribution < 1.29 is 9.47 Å². The molecule has 5 heteroatoms. The molecular weight excluding hydrogens is 308 g/mol. The van der Waals surface area contributed by atoms with Gasteiger partial charge in [0.1, 0.15) is 5.01 Å². The molecule has 1 fully saturated rings. The molecule has 0 bridgehead atoms. The van der Waals surface area contributed by atoms with Crippen molar-refractivity contribution in [2.24, 2.45) is 5.92 Å². The molecule has 1 saturated carbocycles. The van der Waals surface area contributed by atoms with Crippen molar-refractivity contribution in [1.82, 2.24) is 9.88 Å². The summed E-state index contributed by atoms with van der Waals surface area (Å²) in [5.74, 6) is 2.36. The fourth-order valence-electron chi connectivity index (χ4n) is 2.90. The summed E-state index contributed by atoms with van der Waals surface area (Å²) in [6, 6.07) is 6.54. The van der Waals surface area contributed by atoms with Crippen LogP contribution in [0.1, 0.15) is 25.5 Å². The summed E-state index contributed by atoms with van der Waals surface area (Å²) < 4.78 is 10.9. The molecule has 3 rings (SSSR count). The lowest BCUT2D eigenvalue weighted by Gasteiger charge is -2.23. The molecule has 0 saturated heterocycles. The third-order valence-corrected chi connectivity index (χ3v) is 5.52. The number of para-hydroxylation sites is 1. The van der Waals surface area contributed by atoms with Crippen LogP contribution in [-0.4, -0.2) is 37.2 Å². The van der Waals surface area contributed by atoms with E-state index in [9.17, 15) is 0 Å². The average Bonchev–Trinajstić information content (AvgIpc) is 3.32. The maximum absolute atomic E-state index is 5.52. The van der Waals surface area contributed by atoms with Gasteiger partial charge in [-0.3, -0.25) is 4.90 Å². The minimum Gasteiger partial charge on any atom is -0.493 e. The smallest absolute Gasteiger partial charge is 0.170 e. The van der Waals surface area contributed by atoms with Gasteiger partial charge in [0.2, 0.25) is 0 Å². The Kier molecular flexibility index (Phi) is 4.87. The normalized spacial score (nSPS) is 15.7. The van der Waals surface area contributed by atoms with Crippen LogP contribution in [0.15, 0.2) is 23.6 Å². The summed E-state index contributed by atoms with van der Waals surface area (Å²) in [4.78, 5) is 7.21. The summed E-state index contributed by atoms with van der Waals surface area (Å²) in [6.07, 6.45) is 2.74. The topological polar surface area (TPSA) is 34.6 Å². The van der Waals surface area contributed by atoms with Crippen LogP contribution in [0.3, 0.4) is 0 Å². The van der Waals surface area contributed by atoms with Gasteiger partial charge in [0.05, 0.1) is 25.5 Å². The Balaban J connectivity index is 1.79. The molecule has 1 heterocycles. The van der Waals surface area contributed by atoms with Crippen molar-refractivity contribution in [3.8, 4) is 22.1 Å². The first-order valence-corrected chi connectivity index (χ1v) is 8.88. The number of hydrogen-bond donors (Lipinski definition) is 0. The zero-order chi connectivity index (χ0) is 16.4. The summed E-state index contributed by atoms with van der Waals surface area (Å²) in [5.41, 5.74) is 2.10. The van der Waals surface area contributed by atoms with Crippen LogP contribution in [0.2, 0.25) is 0 Å². The second-order valence-corrected chi connectivity index (χ2v) is 7.04. The number of rotatable bonds is 7. The molecule has 1 aliphatic carbocycles. The van der Waals surface area contributed by atoms with E-state index < -0.39 is 0 Å². The van der Waals surface area contributed by atoms with Crippen LogP contribution in [0.25, 0.3) is 10.6 Å². The summed E-state index contributed by atoms with van der Waals surface area (Å²) in [5, 5.41) is 3.12. The van der Waals surface area contributed by atoms with Gasteiger partial charge in [0.25, 0.3) is 0 Å². The van der Waals surface area contributed by atoms with E-state index in [1.54, 1.807) is 25.6 Å². The van der Waals surface area contributed by atoms with Crippen molar-refractivity contribution in [3.63, 3.8) is 0 Å². The Labute approximate surface area is 142 Å². The average molecular weight is 332 g/mol. The van der Waals surface area contributed by atoms with E-state index in [0.717, 1.165) is 40.2 Å². The van der Waals surface area contributed by atoms with Gasteiger partial charge in [0, 0.05) is 18.0 Å². The number of aromatic nitrogens is 1. The molecular formula is C18H24N2O2S. The van der Waals surface area contributed by atoms with Crippen molar-refractivity contribution >= 4 is 11.3 Å². The lowest BCUT2D eigenvalue weighted by molar-refractivity contribution is 0.224. The summed E-state index contributed by atoms with van der Waals surface area (Å²) in [7, 11) is 5.51. The SMILES string of the molecule is COc1cccc(-c2nc(CN(C)[C@H](C)C3CC3)cs2)c1OC. The monoisotopic (exact) mass is 332 g/mol. The highest BCUT2D eigenvalue weighted by atomic mass is 32.1. The van der Waals surface area contributed by atoms with Gasteiger partial charge in [-0.2, -0.15) is 0 Å². The lowest BCUT2D eigenvalue weighted by atomic mass is 10.2. The second-order valence-electron chi connectivity index (χ2n) is 6.18.